The minimum Gasteiger partial charge on any atom is -0.313 e. The lowest BCUT2D eigenvalue weighted by atomic mass is 9.91. The predicted molar refractivity (Wildman–Crippen MR) is 76.0 cm³/mol. The zero-order valence-corrected chi connectivity index (χ0v) is 13.1. The number of sulfonamides is 1. The molecule has 0 saturated heterocycles. The zero-order chi connectivity index (χ0) is 14.0. The number of hydrogen-bond acceptors (Lipinski definition) is 3. The van der Waals surface area contributed by atoms with E-state index in [-0.39, 0.29) is 11.8 Å². The Morgan fingerprint density at radius 2 is 1.89 bits per heavy atom. The van der Waals surface area contributed by atoms with Crippen LogP contribution in [0.5, 0.6) is 0 Å². The monoisotopic (exact) mass is 276 g/mol. The smallest absolute Gasteiger partial charge is 0.213 e. The van der Waals surface area contributed by atoms with Crippen molar-refractivity contribution in [3.63, 3.8) is 0 Å². The third kappa shape index (κ3) is 5.24. The SMILES string of the molecule is CC(C)NS(=O)(=O)CCN[C@@H]1CC(C)(C)C[C@H]1C. The maximum atomic E-state index is 11.7. The summed E-state index contributed by atoms with van der Waals surface area (Å²) in [5, 5.41) is 3.40. The molecule has 0 aromatic carbocycles. The summed E-state index contributed by atoms with van der Waals surface area (Å²) in [6, 6.07) is 0.425. The highest BCUT2D eigenvalue weighted by molar-refractivity contribution is 7.89. The van der Waals surface area contributed by atoms with Gasteiger partial charge >= 0.3 is 0 Å². The Labute approximate surface area is 112 Å². The maximum absolute atomic E-state index is 11.7. The standard InChI is InChI=1S/C13H28N2O2S/c1-10(2)15-18(16,17)7-6-14-12-9-13(4,5)8-11(12)3/h10-12,14-15H,6-9H2,1-5H3/t11-,12-/m1/s1. The van der Waals surface area contributed by atoms with Crippen LogP contribution in [-0.2, 0) is 10.0 Å². The number of nitrogens with one attached hydrogen (secondary N) is 2. The second-order valence-electron chi connectivity index (χ2n) is 6.70. The Morgan fingerprint density at radius 1 is 1.28 bits per heavy atom. The van der Waals surface area contributed by atoms with E-state index in [1.54, 1.807) is 0 Å². The summed E-state index contributed by atoms with van der Waals surface area (Å²) in [6.07, 6.45) is 2.34. The van der Waals surface area contributed by atoms with Crippen LogP contribution in [0.1, 0.15) is 47.5 Å². The third-order valence-electron chi connectivity index (χ3n) is 3.53. The van der Waals surface area contributed by atoms with E-state index in [9.17, 15) is 8.42 Å². The van der Waals surface area contributed by atoms with Crippen LogP contribution in [0, 0.1) is 11.3 Å². The fourth-order valence-electron chi connectivity index (χ4n) is 2.96. The molecule has 5 heteroatoms. The van der Waals surface area contributed by atoms with Gasteiger partial charge in [0.1, 0.15) is 0 Å². The molecule has 18 heavy (non-hydrogen) atoms. The van der Waals surface area contributed by atoms with Gasteiger partial charge in [0.15, 0.2) is 0 Å². The first kappa shape index (κ1) is 15.9. The van der Waals surface area contributed by atoms with Gasteiger partial charge in [-0.3, -0.25) is 0 Å². The summed E-state index contributed by atoms with van der Waals surface area (Å²) in [6.45, 7) is 11.0. The van der Waals surface area contributed by atoms with Gasteiger partial charge in [-0.15, -0.1) is 0 Å². The summed E-state index contributed by atoms with van der Waals surface area (Å²) < 4.78 is 25.9. The third-order valence-corrected chi connectivity index (χ3v) is 5.10. The molecule has 1 saturated carbocycles. The van der Waals surface area contributed by atoms with E-state index in [4.69, 9.17) is 0 Å². The molecule has 1 aliphatic rings. The van der Waals surface area contributed by atoms with Gasteiger partial charge in [-0.05, 0) is 38.0 Å². The molecule has 1 fully saturated rings. The van der Waals surface area contributed by atoms with E-state index >= 15 is 0 Å². The Bertz CT molecular complexity index is 363. The van der Waals surface area contributed by atoms with Crippen LogP contribution in [-0.4, -0.2) is 32.8 Å². The second-order valence-corrected chi connectivity index (χ2v) is 8.58. The van der Waals surface area contributed by atoms with Crippen LogP contribution in [0.15, 0.2) is 0 Å². The molecule has 1 aliphatic carbocycles. The van der Waals surface area contributed by atoms with Crippen molar-refractivity contribution in [3.05, 3.63) is 0 Å². The number of rotatable bonds is 6. The van der Waals surface area contributed by atoms with E-state index in [0.717, 1.165) is 6.42 Å². The van der Waals surface area contributed by atoms with E-state index < -0.39 is 10.0 Å². The van der Waals surface area contributed by atoms with Crippen LogP contribution in [0.2, 0.25) is 0 Å². The first-order valence-corrected chi connectivity index (χ1v) is 8.50. The lowest BCUT2D eigenvalue weighted by Gasteiger charge is -2.19. The predicted octanol–water partition coefficient (Wildman–Crippen LogP) is 1.73. The van der Waals surface area contributed by atoms with Gasteiger partial charge in [0.05, 0.1) is 5.75 Å². The Kier molecular flexibility index (Phi) is 5.21. The van der Waals surface area contributed by atoms with Gasteiger partial charge in [0.2, 0.25) is 10.0 Å². The van der Waals surface area contributed by atoms with Crippen molar-refractivity contribution in [2.45, 2.75) is 59.5 Å². The number of hydrogen-bond donors (Lipinski definition) is 2. The molecule has 4 nitrogen and oxygen atoms in total. The molecule has 1 rings (SSSR count). The van der Waals surface area contributed by atoms with Crippen molar-refractivity contribution in [2.24, 2.45) is 11.3 Å². The van der Waals surface area contributed by atoms with Gasteiger partial charge in [-0.1, -0.05) is 20.8 Å². The molecule has 0 unspecified atom stereocenters. The largest absolute Gasteiger partial charge is 0.313 e. The quantitative estimate of drug-likeness (QED) is 0.777. The van der Waals surface area contributed by atoms with Crippen LogP contribution >= 0.6 is 0 Å². The molecule has 2 atom stereocenters. The summed E-state index contributed by atoms with van der Waals surface area (Å²) in [5.41, 5.74) is 0.381. The van der Waals surface area contributed by atoms with Gasteiger partial charge in [-0.2, -0.15) is 0 Å². The Morgan fingerprint density at radius 3 is 2.33 bits per heavy atom. The lowest BCUT2D eigenvalue weighted by molar-refractivity contribution is 0.363. The molecule has 0 radical (unpaired) electrons. The van der Waals surface area contributed by atoms with E-state index in [1.165, 1.54) is 6.42 Å². The second kappa shape index (κ2) is 5.88. The van der Waals surface area contributed by atoms with Crippen molar-refractivity contribution < 1.29 is 8.42 Å². The van der Waals surface area contributed by atoms with E-state index in [2.05, 4.69) is 30.8 Å². The average molecular weight is 276 g/mol. The molecule has 0 aromatic rings. The normalized spacial score (nSPS) is 27.9. The van der Waals surface area contributed by atoms with E-state index in [1.807, 2.05) is 13.8 Å². The minimum absolute atomic E-state index is 0.0284. The van der Waals surface area contributed by atoms with Crippen LogP contribution in [0.4, 0.5) is 0 Å². The topological polar surface area (TPSA) is 58.2 Å². The van der Waals surface area contributed by atoms with Gasteiger partial charge in [-0.25, -0.2) is 13.1 Å². The van der Waals surface area contributed by atoms with Gasteiger partial charge < -0.3 is 5.32 Å². The Balaban J connectivity index is 2.35. The minimum atomic E-state index is -3.13. The first-order chi connectivity index (χ1) is 8.11. The van der Waals surface area contributed by atoms with Crippen LogP contribution < -0.4 is 10.0 Å². The molecule has 0 aromatic heterocycles. The Hall–Kier alpha value is -0.130. The highest BCUT2D eigenvalue weighted by atomic mass is 32.2. The molecule has 0 bridgehead atoms. The molecule has 0 aliphatic heterocycles. The first-order valence-electron chi connectivity index (χ1n) is 6.85. The summed E-state index contributed by atoms with van der Waals surface area (Å²) >= 11 is 0. The highest BCUT2D eigenvalue weighted by Crippen LogP contribution is 2.40. The van der Waals surface area contributed by atoms with Gasteiger partial charge in [0, 0.05) is 18.6 Å². The van der Waals surface area contributed by atoms with Crippen molar-refractivity contribution in [1.82, 2.24) is 10.0 Å². The zero-order valence-electron chi connectivity index (χ0n) is 12.3. The summed E-state index contributed by atoms with van der Waals surface area (Å²) in [7, 11) is -3.13. The highest BCUT2D eigenvalue weighted by Gasteiger charge is 2.36. The van der Waals surface area contributed by atoms with Crippen LogP contribution in [0.3, 0.4) is 0 Å². The molecule has 2 N–H and O–H groups in total. The molecular formula is C13H28N2O2S. The van der Waals surface area contributed by atoms with E-state index in [0.29, 0.717) is 23.9 Å². The lowest BCUT2D eigenvalue weighted by Crippen LogP contribution is -2.39. The molecule has 0 heterocycles. The molecule has 0 amide bonds. The van der Waals surface area contributed by atoms with Crippen molar-refractivity contribution in [1.29, 1.82) is 0 Å². The summed E-state index contributed by atoms with van der Waals surface area (Å²) in [4.78, 5) is 0. The average Bonchev–Trinajstić information content (AvgIpc) is 2.36. The van der Waals surface area contributed by atoms with Gasteiger partial charge in [0.25, 0.3) is 0 Å². The molecule has 0 spiro atoms. The van der Waals surface area contributed by atoms with Crippen LogP contribution in [0.25, 0.3) is 0 Å². The maximum Gasteiger partial charge on any atom is 0.213 e. The van der Waals surface area contributed by atoms with Crippen molar-refractivity contribution >= 4 is 10.0 Å². The van der Waals surface area contributed by atoms with Crippen molar-refractivity contribution in [3.8, 4) is 0 Å². The fraction of sp³-hybridized carbons (Fsp3) is 1.00. The fourth-order valence-corrected chi connectivity index (χ4v) is 4.19. The summed E-state index contributed by atoms with van der Waals surface area (Å²) in [5.74, 6) is 0.787. The van der Waals surface area contributed by atoms with Crippen molar-refractivity contribution in [2.75, 3.05) is 12.3 Å². The molecular weight excluding hydrogens is 248 g/mol. The molecule has 108 valence electrons.